The summed E-state index contributed by atoms with van der Waals surface area (Å²) in [5, 5.41) is 0. The highest BCUT2D eigenvalue weighted by atomic mass is 19.1. The third-order valence-electron chi connectivity index (χ3n) is 6.14. The van der Waals surface area contributed by atoms with E-state index in [0.717, 1.165) is 36.3 Å². The van der Waals surface area contributed by atoms with E-state index in [-0.39, 0.29) is 23.6 Å². The summed E-state index contributed by atoms with van der Waals surface area (Å²) in [6, 6.07) is 6.61. The molecule has 166 valence electrons. The molecule has 1 fully saturated rings. The Balaban J connectivity index is 1.51. The molecule has 0 spiro atoms. The van der Waals surface area contributed by atoms with Crippen molar-refractivity contribution in [1.82, 2.24) is 9.80 Å². The normalized spacial score (nSPS) is 19.2. The van der Waals surface area contributed by atoms with Crippen LogP contribution in [-0.4, -0.2) is 47.9 Å². The summed E-state index contributed by atoms with van der Waals surface area (Å²) in [5.41, 5.74) is 2.44. The predicted molar refractivity (Wildman–Crippen MR) is 113 cm³/mol. The van der Waals surface area contributed by atoms with Crippen LogP contribution in [0, 0.1) is 18.7 Å². The number of piperidine rings is 1. The first kappa shape index (κ1) is 21.6. The summed E-state index contributed by atoms with van der Waals surface area (Å²) in [7, 11) is 0. The van der Waals surface area contributed by atoms with Crippen LogP contribution in [0.4, 0.5) is 4.39 Å². The van der Waals surface area contributed by atoms with Gasteiger partial charge in [0, 0.05) is 44.7 Å². The van der Waals surface area contributed by atoms with Crippen molar-refractivity contribution in [1.29, 1.82) is 0 Å². The van der Waals surface area contributed by atoms with E-state index in [0.29, 0.717) is 50.5 Å². The molecule has 1 atom stereocenters. The van der Waals surface area contributed by atoms with E-state index in [1.165, 1.54) is 6.07 Å². The standard InChI is InChI=1S/C24H29FN2O4/c1-3-30-24(29)18-7-5-10-27(14-18)23(28)22-16(2)31-21-9-11-26(15-20(21)22)13-17-6-4-8-19(25)12-17/h4,6,8,12,18H,3,5,7,9-11,13-15H2,1-2H3/t18-/m0/s1. The Morgan fingerprint density at radius 3 is 2.90 bits per heavy atom. The third-order valence-corrected chi connectivity index (χ3v) is 6.14. The van der Waals surface area contributed by atoms with Gasteiger partial charge in [0.25, 0.3) is 5.91 Å². The van der Waals surface area contributed by atoms with Gasteiger partial charge in [-0.05, 0) is 44.4 Å². The number of hydrogen-bond donors (Lipinski definition) is 0. The topological polar surface area (TPSA) is 63.0 Å². The van der Waals surface area contributed by atoms with E-state index in [1.54, 1.807) is 24.0 Å². The lowest BCUT2D eigenvalue weighted by atomic mass is 9.96. The highest BCUT2D eigenvalue weighted by molar-refractivity contribution is 5.97. The summed E-state index contributed by atoms with van der Waals surface area (Å²) < 4.78 is 24.7. The Morgan fingerprint density at radius 2 is 2.13 bits per heavy atom. The zero-order valence-electron chi connectivity index (χ0n) is 18.2. The van der Waals surface area contributed by atoms with Crippen LogP contribution in [0.5, 0.6) is 0 Å². The first-order chi connectivity index (χ1) is 15.0. The fourth-order valence-electron chi connectivity index (χ4n) is 4.66. The number of carbonyl (C=O) groups is 2. The molecular weight excluding hydrogens is 399 g/mol. The monoisotopic (exact) mass is 428 g/mol. The van der Waals surface area contributed by atoms with Crippen LogP contribution < -0.4 is 0 Å². The SMILES string of the molecule is CCOC(=O)[C@H]1CCCN(C(=O)c2c(C)oc3c2CN(Cc2cccc(F)c2)CC3)C1. The summed E-state index contributed by atoms with van der Waals surface area (Å²) in [6.45, 7) is 6.96. The maximum atomic E-state index is 13.6. The van der Waals surface area contributed by atoms with Gasteiger partial charge in [0.1, 0.15) is 17.3 Å². The molecule has 0 saturated carbocycles. The number of esters is 1. The summed E-state index contributed by atoms with van der Waals surface area (Å²) in [6.07, 6.45) is 2.23. The molecule has 0 unspecified atom stereocenters. The molecule has 0 radical (unpaired) electrons. The van der Waals surface area contributed by atoms with Gasteiger partial charge in [-0.3, -0.25) is 14.5 Å². The average Bonchev–Trinajstić information content (AvgIpc) is 3.08. The van der Waals surface area contributed by atoms with Crippen molar-refractivity contribution in [2.45, 2.75) is 46.2 Å². The van der Waals surface area contributed by atoms with Gasteiger partial charge >= 0.3 is 5.97 Å². The lowest BCUT2D eigenvalue weighted by molar-refractivity contribution is -0.149. The predicted octanol–water partition coefficient (Wildman–Crippen LogP) is 3.70. The Labute approximate surface area is 182 Å². The molecule has 1 aromatic heterocycles. The molecule has 3 heterocycles. The van der Waals surface area contributed by atoms with Gasteiger partial charge in [-0.2, -0.15) is 0 Å². The number of aryl methyl sites for hydroxylation is 1. The third kappa shape index (κ3) is 4.66. The lowest BCUT2D eigenvalue weighted by Gasteiger charge is -2.32. The number of rotatable bonds is 5. The molecule has 1 amide bonds. The number of amides is 1. The van der Waals surface area contributed by atoms with Crippen molar-refractivity contribution in [3.05, 3.63) is 58.3 Å². The number of nitrogens with zero attached hydrogens (tertiary/aromatic N) is 2. The molecule has 2 aliphatic heterocycles. The molecule has 7 heteroatoms. The fraction of sp³-hybridized carbons (Fsp3) is 0.500. The lowest BCUT2D eigenvalue weighted by Crippen LogP contribution is -2.43. The van der Waals surface area contributed by atoms with Gasteiger partial charge in [-0.1, -0.05) is 12.1 Å². The number of carbonyl (C=O) groups excluding carboxylic acids is 2. The summed E-state index contributed by atoms with van der Waals surface area (Å²) in [4.78, 5) is 29.6. The van der Waals surface area contributed by atoms with Crippen molar-refractivity contribution < 1.29 is 23.1 Å². The van der Waals surface area contributed by atoms with Gasteiger partial charge in [0.15, 0.2) is 0 Å². The highest BCUT2D eigenvalue weighted by Crippen LogP contribution is 2.31. The van der Waals surface area contributed by atoms with E-state index >= 15 is 0 Å². The van der Waals surface area contributed by atoms with Gasteiger partial charge in [-0.15, -0.1) is 0 Å². The minimum absolute atomic E-state index is 0.0795. The van der Waals surface area contributed by atoms with E-state index in [2.05, 4.69) is 4.90 Å². The summed E-state index contributed by atoms with van der Waals surface area (Å²) >= 11 is 0. The van der Waals surface area contributed by atoms with Gasteiger partial charge < -0.3 is 14.1 Å². The van der Waals surface area contributed by atoms with Crippen LogP contribution >= 0.6 is 0 Å². The molecule has 1 aromatic carbocycles. The molecule has 4 rings (SSSR count). The van der Waals surface area contributed by atoms with E-state index in [9.17, 15) is 14.0 Å². The first-order valence-corrected chi connectivity index (χ1v) is 11.0. The smallest absolute Gasteiger partial charge is 0.310 e. The Morgan fingerprint density at radius 1 is 1.29 bits per heavy atom. The second-order valence-corrected chi connectivity index (χ2v) is 8.37. The second-order valence-electron chi connectivity index (χ2n) is 8.37. The molecule has 2 aromatic rings. The van der Waals surface area contributed by atoms with E-state index in [1.807, 2.05) is 13.0 Å². The Hall–Kier alpha value is -2.67. The molecular formula is C24H29FN2O4. The van der Waals surface area contributed by atoms with E-state index < -0.39 is 0 Å². The molecule has 6 nitrogen and oxygen atoms in total. The van der Waals surface area contributed by atoms with Crippen LogP contribution in [0.3, 0.4) is 0 Å². The van der Waals surface area contributed by atoms with Crippen LogP contribution in [0.15, 0.2) is 28.7 Å². The number of fused-ring (bicyclic) bond motifs is 1. The van der Waals surface area contributed by atoms with Gasteiger partial charge in [-0.25, -0.2) is 4.39 Å². The quantitative estimate of drug-likeness (QED) is 0.680. The second kappa shape index (κ2) is 9.22. The summed E-state index contributed by atoms with van der Waals surface area (Å²) in [5.74, 6) is 0.657. The zero-order chi connectivity index (χ0) is 22.0. The molecule has 0 aliphatic carbocycles. The van der Waals surface area contributed by atoms with Crippen molar-refractivity contribution in [3.8, 4) is 0 Å². The molecule has 1 saturated heterocycles. The number of ether oxygens (including phenoxy) is 1. The van der Waals surface area contributed by atoms with Crippen LogP contribution in [0.2, 0.25) is 0 Å². The Bertz CT molecular complexity index is 970. The first-order valence-electron chi connectivity index (χ1n) is 11.0. The van der Waals surface area contributed by atoms with Gasteiger partial charge in [0.2, 0.25) is 0 Å². The minimum Gasteiger partial charge on any atom is -0.466 e. The van der Waals surface area contributed by atoms with Crippen molar-refractivity contribution >= 4 is 11.9 Å². The molecule has 0 N–H and O–H groups in total. The zero-order valence-corrected chi connectivity index (χ0v) is 18.2. The number of furan rings is 1. The molecule has 0 bridgehead atoms. The van der Waals surface area contributed by atoms with Crippen LogP contribution in [0.25, 0.3) is 0 Å². The Kier molecular flexibility index (Phi) is 6.41. The number of benzene rings is 1. The fourth-order valence-corrected chi connectivity index (χ4v) is 4.66. The maximum absolute atomic E-state index is 13.6. The number of halogens is 1. The number of hydrogen-bond acceptors (Lipinski definition) is 5. The largest absolute Gasteiger partial charge is 0.466 e. The minimum atomic E-state index is -0.273. The van der Waals surface area contributed by atoms with Gasteiger partial charge in [0.05, 0.1) is 18.1 Å². The van der Waals surface area contributed by atoms with E-state index in [4.69, 9.17) is 9.15 Å². The van der Waals surface area contributed by atoms with Crippen molar-refractivity contribution in [2.75, 3.05) is 26.2 Å². The van der Waals surface area contributed by atoms with Crippen LogP contribution in [-0.2, 0) is 29.0 Å². The number of likely N-dealkylation sites (tertiary alicyclic amines) is 1. The molecule has 2 aliphatic rings. The van der Waals surface area contributed by atoms with Crippen molar-refractivity contribution in [3.63, 3.8) is 0 Å². The maximum Gasteiger partial charge on any atom is 0.310 e. The highest BCUT2D eigenvalue weighted by Gasteiger charge is 2.34. The van der Waals surface area contributed by atoms with Crippen LogP contribution in [0.1, 0.15) is 52.8 Å². The molecule has 31 heavy (non-hydrogen) atoms. The van der Waals surface area contributed by atoms with Crippen molar-refractivity contribution in [2.24, 2.45) is 5.92 Å². The average molecular weight is 429 g/mol.